The SMILES string of the molecule is CCC(C)CCC1CCc2ccccc2N1. The molecule has 16 heavy (non-hydrogen) atoms. The van der Waals surface area contributed by atoms with Crippen LogP contribution in [0.4, 0.5) is 5.69 Å². The van der Waals surface area contributed by atoms with Crippen LogP contribution in [0.5, 0.6) is 0 Å². The molecule has 2 atom stereocenters. The first-order valence-electron chi connectivity index (χ1n) is 6.64. The van der Waals surface area contributed by atoms with Crippen molar-refractivity contribution in [1.29, 1.82) is 0 Å². The first-order valence-corrected chi connectivity index (χ1v) is 6.64. The Morgan fingerprint density at radius 3 is 3.00 bits per heavy atom. The van der Waals surface area contributed by atoms with E-state index in [0.29, 0.717) is 6.04 Å². The fraction of sp³-hybridized carbons (Fsp3) is 0.600. The Balaban J connectivity index is 1.88. The van der Waals surface area contributed by atoms with E-state index in [2.05, 4.69) is 43.4 Å². The van der Waals surface area contributed by atoms with Gasteiger partial charge in [0, 0.05) is 11.7 Å². The van der Waals surface area contributed by atoms with Crippen LogP contribution in [-0.4, -0.2) is 6.04 Å². The molecule has 0 aromatic heterocycles. The van der Waals surface area contributed by atoms with Gasteiger partial charge in [-0.25, -0.2) is 0 Å². The largest absolute Gasteiger partial charge is 0.382 e. The van der Waals surface area contributed by atoms with Gasteiger partial charge in [0.05, 0.1) is 0 Å². The molecular weight excluding hydrogens is 194 g/mol. The maximum atomic E-state index is 3.68. The smallest absolute Gasteiger partial charge is 0.0374 e. The van der Waals surface area contributed by atoms with Crippen molar-refractivity contribution in [2.24, 2.45) is 5.92 Å². The average Bonchev–Trinajstić information content (AvgIpc) is 2.35. The summed E-state index contributed by atoms with van der Waals surface area (Å²) < 4.78 is 0. The third-order valence-electron chi connectivity index (χ3n) is 3.84. The minimum atomic E-state index is 0.698. The number of hydrogen-bond acceptors (Lipinski definition) is 1. The van der Waals surface area contributed by atoms with Gasteiger partial charge in [-0.05, 0) is 43.2 Å². The molecule has 1 nitrogen and oxygen atoms in total. The molecule has 2 rings (SSSR count). The second-order valence-electron chi connectivity index (χ2n) is 5.13. The molecule has 1 aromatic rings. The van der Waals surface area contributed by atoms with Gasteiger partial charge in [0.1, 0.15) is 0 Å². The maximum Gasteiger partial charge on any atom is 0.0374 e. The van der Waals surface area contributed by atoms with Gasteiger partial charge in [0.2, 0.25) is 0 Å². The van der Waals surface area contributed by atoms with E-state index in [0.717, 1.165) is 5.92 Å². The predicted octanol–water partition coefficient (Wildman–Crippen LogP) is 4.24. The van der Waals surface area contributed by atoms with Crippen molar-refractivity contribution >= 4 is 5.69 Å². The van der Waals surface area contributed by atoms with Gasteiger partial charge in [0.15, 0.2) is 0 Å². The molecule has 1 heterocycles. The van der Waals surface area contributed by atoms with Crippen LogP contribution in [0.1, 0.15) is 45.1 Å². The Morgan fingerprint density at radius 1 is 1.38 bits per heavy atom. The fourth-order valence-corrected chi connectivity index (χ4v) is 2.41. The predicted molar refractivity (Wildman–Crippen MR) is 70.9 cm³/mol. The van der Waals surface area contributed by atoms with E-state index in [1.165, 1.54) is 43.4 Å². The summed E-state index contributed by atoms with van der Waals surface area (Å²) in [7, 11) is 0. The second kappa shape index (κ2) is 5.38. The number of hydrogen-bond donors (Lipinski definition) is 1. The van der Waals surface area contributed by atoms with Gasteiger partial charge in [0.25, 0.3) is 0 Å². The molecule has 1 aliphatic rings. The number of aryl methyl sites for hydroxylation is 1. The van der Waals surface area contributed by atoms with Crippen LogP contribution in [-0.2, 0) is 6.42 Å². The van der Waals surface area contributed by atoms with Crippen molar-refractivity contribution in [3.8, 4) is 0 Å². The Morgan fingerprint density at radius 2 is 2.19 bits per heavy atom. The van der Waals surface area contributed by atoms with Gasteiger partial charge in [-0.2, -0.15) is 0 Å². The lowest BCUT2D eigenvalue weighted by atomic mass is 9.92. The van der Waals surface area contributed by atoms with E-state index in [-0.39, 0.29) is 0 Å². The molecular formula is C15H23N. The van der Waals surface area contributed by atoms with E-state index >= 15 is 0 Å². The molecule has 1 aliphatic heterocycles. The molecule has 0 saturated heterocycles. The van der Waals surface area contributed by atoms with E-state index in [4.69, 9.17) is 0 Å². The Kier molecular flexibility index (Phi) is 3.87. The van der Waals surface area contributed by atoms with Crippen LogP contribution < -0.4 is 5.32 Å². The van der Waals surface area contributed by atoms with Gasteiger partial charge in [-0.1, -0.05) is 38.5 Å². The van der Waals surface area contributed by atoms with Crippen molar-refractivity contribution in [1.82, 2.24) is 0 Å². The molecule has 2 unspecified atom stereocenters. The van der Waals surface area contributed by atoms with E-state index < -0.39 is 0 Å². The number of anilines is 1. The highest BCUT2D eigenvalue weighted by atomic mass is 14.9. The zero-order valence-electron chi connectivity index (χ0n) is 10.5. The normalized spacial score (nSPS) is 21.0. The van der Waals surface area contributed by atoms with Crippen LogP contribution in [0.25, 0.3) is 0 Å². The van der Waals surface area contributed by atoms with Crippen molar-refractivity contribution in [3.05, 3.63) is 29.8 Å². The van der Waals surface area contributed by atoms with Gasteiger partial charge in [-0.3, -0.25) is 0 Å². The minimum Gasteiger partial charge on any atom is -0.382 e. The van der Waals surface area contributed by atoms with Crippen molar-refractivity contribution in [3.63, 3.8) is 0 Å². The fourth-order valence-electron chi connectivity index (χ4n) is 2.41. The van der Waals surface area contributed by atoms with E-state index in [9.17, 15) is 0 Å². The molecule has 0 radical (unpaired) electrons. The van der Waals surface area contributed by atoms with Crippen molar-refractivity contribution in [2.75, 3.05) is 5.32 Å². The summed E-state index contributed by atoms with van der Waals surface area (Å²) in [5.74, 6) is 0.874. The summed E-state index contributed by atoms with van der Waals surface area (Å²) in [4.78, 5) is 0. The van der Waals surface area contributed by atoms with E-state index in [1.54, 1.807) is 0 Å². The van der Waals surface area contributed by atoms with Crippen LogP contribution in [0, 0.1) is 5.92 Å². The highest BCUT2D eigenvalue weighted by Gasteiger charge is 2.17. The molecule has 1 aromatic carbocycles. The topological polar surface area (TPSA) is 12.0 Å². The van der Waals surface area contributed by atoms with Crippen molar-refractivity contribution < 1.29 is 0 Å². The molecule has 0 spiro atoms. The highest BCUT2D eigenvalue weighted by molar-refractivity contribution is 5.53. The number of rotatable bonds is 4. The molecule has 1 heteroatoms. The van der Waals surface area contributed by atoms with Crippen LogP contribution in [0.15, 0.2) is 24.3 Å². The zero-order chi connectivity index (χ0) is 11.4. The minimum absolute atomic E-state index is 0.698. The molecule has 0 amide bonds. The van der Waals surface area contributed by atoms with E-state index in [1.807, 2.05) is 0 Å². The number of nitrogens with one attached hydrogen (secondary N) is 1. The summed E-state index contributed by atoms with van der Waals surface area (Å²) in [6.07, 6.45) is 6.53. The van der Waals surface area contributed by atoms with Gasteiger partial charge in [-0.15, -0.1) is 0 Å². The molecule has 0 saturated carbocycles. The molecule has 1 N–H and O–H groups in total. The number of fused-ring (bicyclic) bond motifs is 1. The maximum absolute atomic E-state index is 3.68. The summed E-state index contributed by atoms with van der Waals surface area (Å²) in [5, 5.41) is 3.68. The standard InChI is InChI=1S/C15H23N/c1-3-12(2)8-10-14-11-9-13-6-4-5-7-15(13)16-14/h4-7,12,14,16H,3,8-11H2,1-2H3. The lowest BCUT2D eigenvalue weighted by molar-refractivity contribution is 0.454. The summed E-state index contributed by atoms with van der Waals surface area (Å²) in [5.41, 5.74) is 2.85. The van der Waals surface area contributed by atoms with Crippen molar-refractivity contribution in [2.45, 2.75) is 52.0 Å². The zero-order valence-corrected chi connectivity index (χ0v) is 10.5. The molecule has 0 fully saturated rings. The second-order valence-corrected chi connectivity index (χ2v) is 5.13. The lowest BCUT2D eigenvalue weighted by Crippen LogP contribution is -2.25. The number of para-hydroxylation sites is 1. The van der Waals surface area contributed by atoms with Crippen LogP contribution in [0.3, 0.4) is 0 Å². The summed E-state index contributed by atoms with van der Waals surface area (Å²) in [6, 6.07) is 9.42. The Bertz CT molecular complexity index is 332. The monoisotopic (exact) mass is 217 g/mol. The summed E-state index contributed by atoms with van der Waals surface area (Å²) in [6.45, 7) is 4.64. The summed E-state index contributed by atoms with van der Waals surface area (Å²) >= 11 is 0. The Labute approximate surface area is 99.3 Å². The Hall–Kier alpha value is -0.980. The highest BCUT2D eigenvalue weighted by Crippen LogP contribution is 2.27. The van der Waals surface area contributed by atoms with Gasteiger partial charge >= 0.3 is 0 Å². The lowest BCUT2D eigenvalue weighted by Gasteiger charge is -2.27. The molecule has 0 aliphatic carbocycles. The van der Waals surface area contributed by atoms with Crippen LogP contribution in [0.2, 0.25) is 0 Å². The first-order chi connectivity index (χ1) is 7.79. The average molecular weight is 217 g/mol. The van der Waals surface area contributed by atoms with Gasteiger partial charge < -0.3 is 5.32 Å². The third-order valence-corrected chi connectivity index (χ3v) is 3.84. The first kappa shape index (κ1) is 11.5. The molecule has 88 valence electrons. The third kappa shape index (κ3) is 2.78. The number of benzene rings is 1. The molecule has 0 bridgehead atoms. The van der Waals surface area contributed by atoms with Crippen LogP contribution >= 0.6 is 0 Å². The quantitative estimate of drug-likeness (QED) is 0.795.